The van der Waals surface area contributed by atoms with Crippen LogP contribution in [0, 0.1) is 11.8 Å². The van der Waals surface area contributed by atoms with Crippen molar-refractivity contribution in [3.8, 4) is 0 Å². The number of amides is 1. The van der Waals surface area contributed by atoms with Crippen LogP contribution < -0.4 is 10.2 Å². The first-order chi connectivity index (χ1) is 16.7. The molecule has 0 radical (unpaired) electrons. The number of hydrogen-bond donors (Lipinski definition) is 1. The summed E-state index contributed by atoms with van der Waals surface area (Å²) in [5.74, 6) is 2.53. The molecule has 3 aliphatic heterocycles. The zero-order valence-electron chi connectivity index (χ0n) is 20.2. The Bertz CT molecular complexity index is 910. The molecule has 2 aromatic rings. The number of nitrogens with zero attached hydrogens (tertiary/aromatic N) is 5. The van der Waals surface area contributed by atoms with Crippen LogP contribution in [0.25, 0.3) is 0 Å². The van der Waals surface area contributed by atoms with Crippen LogP contribution in [0.1, 0.15) is 37.7 Å². The van der Waals surface area contributed by atoms with Crippen LogP contribution in [0.2, 0.25) is 0 Å². The van der Waals surface area contributed by atoms with Gasteiger partial charge < -0.3 is 15.1 Å². The van der Waals surface area contributed by atoms with Gasteiger partial charge in [0.2, 0.25) is 11.9 Å². The average molecular weight is 463 g/mol. The first-order valence-electron chi connectivity index (χ1n) is 13.0. The fourth-order valence-corrected chi connectivity index (χ4v) is 6.03. The molecule has 182 valence electrons. The average Bonchev–Trinajstić information content (AvgIpc) is 3.13. The van der Waals surface area contributed by atoms with E-state index in [0.29, 0.717) is 24.3 Å². The number of carbonyl (C=O) groups is 1. The topological polar surface area (TPSA) is 64.6 Å². The first-order valence-corrected chi connectivity index (χ1v) is 13.0. The van der Waals surface area contributed by atoms with Crippen molar-refractivity contribution < 1.29 is 4.79 Å². The van der Waals surface area contributed by atoms with E-state index < -0.39 is 0 Å². The molecule has 34 heavy (non-hydrogen) atoms. The van der Waals surface area contributed by atoms with E-state index in [1.165, 1.54) is 25.1 Å². The Morgan fingerprint density at radius 3 is 2.71 bits per heavy atom. The lowest BCUT2D eigenvalue weighted by Crippen LogP contribution is -2.55. The molecule has 3 saturated heterocycles. The molecule has 3 fully saturated rings. The van der Waals surface area contributed by atoms with Crippen molar-refractivity contribution in [2.75, 3.05) is 50.7 Å². The maximum Gasteiger partial charge on any atom is 0.225 e. The molecule has 3 aliphatic rings. The van der Waals surface area contributed by atoms with E-state index in [1.807, 2.05) is 6.07 Å². The Kier molecular flexibility index (Phi) is 7.71. The van der Waals surface area contributed by atoms with Crippen LogP contribution >= 0.6 is 0 Å². The molecular weight excluding hydrogens is 424 g/mol. The number of benzene rings is 1. The predicted molar refractivity (Wildman–Crippen MR) is 134 cm³/mol. The van der Waals surface area contributed by atoms with Crippen LogP contribution in [-0.4, -0.2) is 77.5 Å². The van der Waals surface area contributed by atoms with Gasteiger partial charge in [0, 0.05) is 70.7 Å². The third kappa shape index (κ3) is 5.94. The van der Waals surface area contributed by atoms with Gasteiger partial charge in [0.25, 0.3) is 0 Å². The highest BCUT2D eigenvalue weighted by Crippen LogP contribution is 2.31. The lowest BCUT2D eigenvalue weighted by atomic mass is 9.79. The molecule has 1 N–H and O–H groups in total. The molecule has 0 saturated carbocycles. The van der Waals surface area contributed by atoms with Gasteiger partial charge in [0.1, 0.15) is 0 Å². The monoisotopic (exact) mass is 462 g/mol. The van der Waals surface area contributed by atoms with E-state index >= 15 is 0 Å². The molecular formula is C27H38N6O. The van der Waals surface area contributed by atoms with Gasteiger partial charge in [-0.2, -0.15) is 0 Å². The van der Waals surface area contributed by atoms with Crippen molar-refractivity contribution in [3.63, 3.8) is 0 Å². The van der Waals surface area contributed by atoms with Crippen molar-refractivity contribution in [2.45, 2.75) is 44.7 Å². The maximum absolute atomic E-state index is 13.0. The molecule has 1 amide bonds. The summed E-state index contributed by atoms with van der Waals surface area (Å²) in [6.45, 7) is 7.84. The third-order valence-electron chi connectivity index (χ3n) is 7.72. The van der Waals surface area contributed by atoms with Gasteiger partial charge in [-0.25, -0.2) is 9.97 Å². The molecule has 3 atom stereocenters. The number of anilines is 1. The normalized spacial score (nSPS) is 25.7. The van der Waals surface area contributed by atoms with Crippen LogP contribution in [0.3, 0.4) is 0 Å². The van der Waals surface area contributed by atoms with E-state index in [-0.39, 0.29) is 0 Å². The Labute approximate surface area is 203 Å². The summed E-state index contributed by atoms with van der Waals surface area (Å²) < 4.78 is 0. The van der Waals surface area contributed by atoms with Gasteiger partial charge in [-0.3, -0.25) is 9.69 Å². The highest BCUT2D eigenvalue weighted by atomic mass is 16.2. The van der Waals surface area contributed by atoms with Gasteiger partial charge in [-0.15, -0.1) is 0 Å². The van der Waals surface area contributed by atoms with E-state index in [0.717, 1.165) is 70.4 Å². The number of rotatable bonds is 7. The molecule has 7 heteroatoms. The molecule has 2 unspecified atom stereocenters. The fourth-order valence-electron chi connectivity index (χ4n) is 6.03. The van der Waals surface area contributed by atoms with E-state index in [2.05, 4.69) is 60.3 Å². The van der Waals surface area contributed by atoms with E-state index in [9.17, 15) is 4.79 Å². The van der Waals surface area contributed by atoms with Gasteiger partial charge >= 0.3 is 0 Å². The summed E-state index contributed by atoms with van der Waals surface area (Å²) in [6.07, 6.45) is 8.59. The maximum atomic E-state index is 13.0. The quantitative estimate of drug-likeness (QED) is 0.683. The Morgan fingerprint density at radius 1 is 1.00 bits per heavy atom. The van der Waals surface area contributed by atoms with E-state index in [4.69, 9.17) is 0 Å². The summed E-state index contributed by atoms with van der Waals surface area (Å²) >= 11 is 0. The minimum absolute atomic E-state index is 0.305. The summed E-state index contributed by atoms with van der Waals surface area (Å²) in [5.41, 5.74) is 1.41. The number of piperidine rings is 2. The minimum Gasteiger partial charge on any atom is -0.341 e. The highest BCUT2D eigenvalue weighted by molar-refractivity contribution is 5.76. The second kappa shape index (κ2) is 11.3. The van der Waals surface area contributed by atoms with Gasteiger partial charge in [0.15, 0.2) is 0 Å². The van der Waals surface area contributed by atoms with Gasteiger partial charge in [-0.1, -0.05) is 30.3 Å². The summed E-state index contributed by atoms with van der Waals surface area (Å²) in [6, 6.07) is 13.2. The number of aromatic nitrogens is 2. The Morgan fingerprint density at radius 2 is 1.85 bits per heavy atom. The lowest BCUT2D eigenvalue weighted by molar-refractivity contribution is -0.131. The lowest BCUT2D eigenvalue weighted by Gasteiger charge is -2.46. The first kappa shape index (κ1) is 23.2. The molecule has 7 nitrogen and oxygen atoms in total. The van der Waals surface area contributed by atoms with Crippen molar-refractivity contribution in [1.82, 2.24) is 25.1 Å². The molecule has 1 aromatic heterocycles. The number of nitrogens with one attached hydrogen (secondary N) is 1. The van der Waals surface area contributed by atoms with Gasteiger partial charge in [0.05, 0.1) is 0 Å². The van der Waals surface area contributed by atoms with E-state index in [1.54, 1.807) is 12.4 Å². The smallest absolute Gasteiger partial charge is 0.225 e. The van der Waals surface area contributed by atoms with Crippen molar-refractivity contribution in [3.05, 3.63) is 54.4 Å². The minimum atomic E-state index is 0.305. The molecule has 0 spiro atoms. The van der Waals surface area contributed by atoms with Crippen LogP contribution in [0.15, 0.2) is 48.8 Å². The number of fused-ring (bicyclic) bond motifs is 2. The summed E-state index contributed by atoms with van der Waals surface area (Å²) in [5, 5.41) is 3.82. The van der Waals surface area contributed by atoms with Crippen LogP contribution in [0.4, 0.5) is 5.95 Å². The fraction of sp³-hybridized carbons (Fsp3) is 0.593. The zero-order chi connectivity index (χ0) is 23.2. The van der Waals surface area contributed by atoms with Crippen molar-refractivity contribution >= 4 is 11.9 Å². The second-order valence-corrected chi connectivity index (χ2v) is 10.2. The highest BCUT2D eigenvalue weighted by Gasteiger charge is 2.36. The molecule has 5 rings (SSSR count). The largest absolute Gasteiger partial charge is 0.341 e. The van der Waals surface area contributed by atoms with Crippen molar-refractivity contribution in [1.29, 1.82) is 0 Å². The zero-order valence-corrected chi connectivity index (χ0v) is 20.2. The standard InChI is InChI=1S/C27H38N6O/c34-26(32-13-6-14-33(16-15-32)27-28-11-5-12-29-27)10-4-9-25-24-17-23(18-30-25)20-31(21-24)19-22-7-2-1-3-8-22/h1-3,5,7-8,11-12,23-25,30H,4,6,9-10,13-21H2/t23?,24?,25-/m1/s1. The van der Waals surface area contributed by atoms with Gasteiger partial charge in [-0.05, 0) is 55.7 Å². The summed E-state index contributed by atoms with van der Waals surface area (Å²) in [4.78, 5) is 28.6. The van der Waals surface area contributed by atoms with Crippen LogP contribution in [-0.2, 0) is 11.3 Å². The van der Waals surface area contributed by atoms with Crippen molar-refractivity contribution in [2.24, 2.45) is 11.8 Å². The third-order valence-corrected chi connectivity index (χ3v) is 7.72. The molecule has 4 heterocycles. The SMILES string of the molecule is O=C(CCC[C@H]1NCC2CC1CN(Cc1ccccc1)C2)N1CCCN(c2ncccn2)CC1. The Hall–Kier alpha value is -2.51. The number of carbonyl (C=O) groups excluding carboxylic acids is 1. The molecule has 1 aromatic carbocycles. The Balaban J connectivity index is 1.06. The molecule has 2 bridgehead atoms. The predicted octanol–water partition coefficient (Wildman–Crippen LogP) is 2.80. The second-order valence-electron chi connectivity index (χ2n) is 10.2. The molecule has 0 aliphatic carbocycles. The number of likely N-dealkylation sites (tertiary alicyclic amines) is 1. The summed E-state index contributed by atoms with van der Waals surface area (Å²) in [7, 11) is 0. The van der Waals surface area contributed by atoms with Crippen LogP contribution in [0.5, 0.6) is 0 Å². The number of hydrogen-bond acceptors (Lipinski definition) is 6.